The first-order valence-corrected chi connectivity index (χ1v) is 10.1. The molecule has 1 aliphatic rings. The molecule has 9 heteroatoms. The Morgan fingerprint density at radius 1 is 1.19 bits per heavy atom. The van der Waals surface area contributed by atoms with E-state index < -0.39 is 10.1 Å². The van der Waals surface area contributed by atoms with Crippen LogP contribution in [0.2, 0.25) is 0 Å². The fourth-order valence-electron chi connectivity index (χ4n) is 2.45. The zero-order valence-electron chi connectivity index (χ0n) is 15.3. The van der Waals surface area contributed by atoms with Gasteiger partial charge in [-0.2, -0.15) is 8.42 Å². The Bertz CT molecular complexity index is 631. The number of ether oxygens (including phenoxy) is 5. The molecule has 1 aromatic rings. The monoisotopic (exact) mass is 390 g/mol. The highest BCUT2D eigenvalue weighted by Gasteiger charge is 2.45. The second kappa shape index (κ2) is 10.2. The molecule has 0 aliphatic carbocycles. The Morgan fingerprint density at radius 3 is 2.54 bits per heavy atom. The largest absolute Gasteiger partial charge is 0.497 e. The molecular weight excluding hydrogens is 364 g/mol. The molecule has 0 saturated carbocycles. The van der Waals surface area contributed by atoms with Crippen molar-refractivity contribution < 1.29 is 36.3 Å². The van der Waals surface area contributed by atoms with Crippen LogP contribution in [0.3, 0.4) is 0 Å². The molecule has 1 saturated heterocycles. The van der Waals surface area contributed by atoms with Gasteiger partial charge in [0.25, 0.3) is 10.1 Å². The number of epoxide rings is 1. The maximum Gasteiger partial charge on any atom is 0.264 e. The van der Waals surface area contributed by atoms with E-state index in [0.717, 1.165) is 17.6 Å². The van der Waals surface area contributed by atoms with E-state index in [2.05, 4.69) is 0 Å². The van der Waals surface area contributed by atoms with E-state index in [1.807, 2.05) is 24.3 Å². The van der Waals surface area contributed by atoms with Gasteiger partial charge in [0.1, 0.15) is 24.8 Å². The number of rotatable bonds is 13. The fourth-order valence-corrected chi connectivity index (χ4v) is 2.84. The highest BCUT2D eigenvalue weighted by molar-refractivity contribution is 7.85. The van der Waals surface area contributed by atoms with Crippen LogP contribution < -0.4 is 4.74 Å². The van der Waals surface area contributed by atoms with Gasteiger partial charge in [-0.1, -0.05) is 12.1 Å². The molecule has 0 radical (unpaired) electrons. The zero-order chi connectivity index (χ0) is 19.0. The SMILES string of the molecule is COCO[C@H](CCOS(C)(=O)=O)[C@H]1O[C@H]1COCc1ccc(OC)cc1. The summed E-state index contributed by atoms with van der Waals surface area (Å²) in [5.74, 6) is 0.800. The fraction of sp³-hybridized carbons (Fsp3) is 0.647. The molecule has 1 fully saturated rings. The Hall–Kier alpha value is -1.23. The van der Waals surface area contributed by atoms with Crippen LogP contribution in [0.1, 0.15) is 12.0 Å². The molecule has 0 unspecified atom stereocenters. The van der Waals surface area contributed by atoms with Gasteiger partial charge in [0, 0.05) is 13.5 Å². The number of hydrogen-bond donors (Lipinski definition) is 0. The van der Waals surface area contributed by atoms with Crippen molar-refractivity contribution >= 4 is 10.1 Å². The van der Waals surface area contributed by atoms with Crippen molar-refractivity contribution in [3.8, 4) is 5.75 Å². The second-order valence-corrected chi connectivity index (χ2v) is 7.57. The molecule has 1 aliphatic heterocycles. The minimum Gasteiger partial charge on any atom is -0.497 e. The molecule has 3 atom stereocenters. The van der Waals surface area contributed by atoms with Crippen LogP contribution in [-0.4, -0.2) is 67.2 Å². The highest BCUT2D eigenvalue weighted by atomic mass is 32.2. The summed E-state index contributed by atoms with van der Waals surface area (Å²) in [5.41, 5.74) is 1.04. The molecule has 1 aromatic carbocycles. The first kappa shape index (κ1) is 21.1. The molecule has 26 heavy (non-hydrogen) atoms. The van der Waals surface area contributed by atoms with Crippen LogP contribution in [-0.2, 0) is 39.9 Å². The average Bonchev–Trinajstić information content (AvgIpc) is 3.37. The quantitative estimate of drug-likeness (QED) is 0.283. The van der Waals surface area contributed by atoms with Crippen LogP contribution in [0.15, 0.2) is 24.3 Å². The Kier molecular flexibility index (Phi) is 8.26. The third-order valence-corrected chi connectivity index (χ3v) is 4.39. The number of hydrogen-bond acceptors (Lipinski definition) is 8. The standard InChI is InChI=1S/C17H26O8S/c1-20-12-23-15(8-9-24-26(3,18)19)17-16(25-17)11-22-10-13-4-6-14(21-2)7-5-13/h4-7,15-17H,8-12H2,1-3H3/t15-,16+,17-/m1/s1. The normalized spacial score (nSPS) is 20.7. The van der Waals surface area contributed by atoms with Gasteiger partial charge in [-0.25, -0.2) is 0 Å². The van der Waals surface area contributed by atoms with E-state index in [-0.39, 0.29) is 31.7 Å². The molecule has 0 aromatic heterocycles. The topological polar surface area (TPSA) is 92.8 Å². The van der Waals surface area contributed by atoms with Crippen LogP contribution in [0, 0.1) is 0 Å². The molecule has 0 amide bonds. The molecular formula is C17H26O8S. The summed E-state index contributed by atoms with van der Waals surface area (Å²) >= 11 is 0. The lowest BCUT2D eigenvalue weighted by molar-refractivity contribution is -0.0844. The lowest BCUT2D eigenvalue weighted by atomic mass is 10.1. The van der Waals surface area contributed by atoms with Gasteiger partial charge in [0.15, 0.2) is 0 Å². The summed E-state index contributed by atoms with van der Waals surface area (Å²) in [7, 11) is -0.325. The van der Waals surface area contributed by atoms with Gasteiger partial charge >= 0.3 is 0 Å². The third-order valence-electron chi connectivity index (χ3n) is 3.80. The average molecular weight is 390 g/mol. The van der Waals surface area contributed by atoms with Crippen LogP contribution in [0.4, 0.5) is 0 Å². The van der Waals surface area contributed by atoms with Crippen LogP contribution >= 0.6 is 0 Å². The molecule has 8 nitrogen and oxygen atoms in total. The van der Waals surface area contributed by atoms with Crippen molar-refractivity contribution in [2.45, 2.75) is 31.3 Å². The molecule has 148 valence electrons. The Balaban J connectivity index is 1.71. The zero-order valence-corrected chi connectivity index (χ0v) is 16.1. The summed E-state index contributed by atoms with van der Waals surface area (Å²) in [5, 5.41) is 0. The molecule has 2 rings (SSSR count). The summed E-state index contributed by atoms with van der Waals surface area (Å²) in [6.07, 6.45) is 0.834. The van der Waals surface area contributed by atoms with Crippen molar-refractivity contribution in [3.63, 3.8) is 0 Å². The van der Waals surface area contributed by atoms with Crippen molar-refractivity contribution in [1.82, 2.24) is 0 Å². The highest BCUT2D eigenvalue weighted by Crippen LogP contribution is 2.29. The van der Waals surface area contributed by atoms with Gasteiger partial charge in [-0.05, 0) is 17.7 Å². The first-order chi connectivity index (χ1) is 12.4. The smallest absolute Gasteiger partial charge is 0.264 e. The summed E-state index contributed by atoms with van der Waals surface area (Å²) in [6.45, 7) is 1.03. The lowest BCUT2D eigenvalue weighted by Crippen LogP contribution is -2.26. The maximum atomic E-state index is 11.0. The second-order valence-electron chi connectivity index (χ2n) is 5.93. The van der Waals surface area contributed by atoms with E-state index in [0.29, 0.717) is 19.6 Å². The maximum absolute atomic E-state index is 11.0. The minimum absolute atomic E-state index is 0.0342. The third kappa shape index (κ3) is 7.56. The van der Waals surface area contributed by atoms with Crippen LogP contribution in [0.5, 0.6) is 5.75 Å². The van der Waals surface area contributed by atoms with Gasteiger partial charge in [-0.15, -0.1) is 0 Å². The van der Waals surface area contributed by atoms with E-state index in [1.165, 1.54) is 7.11 Å². The van der Waals surface area contributed by atoms with E-state index >= 15 is 0 Å². The van der Waals surface area contributed by atoms with Gasteiger partial charge in [0.2, 0.25) is 0 Å². The van der Waals surface area contributed by atoms with Gasteiger partial charge in [0.05, 0.1) is 39.3 Å². The van der Waals surface area contributed by atoms with E-state index in [9.17, 15) is 8.42 Å². The predicted molar refractivity (Wildman–Crippen MR) is 93.5 cm³/mol. The first-order valence-electron chi connectivity index (χ1n) is 8.24. The molecule has 0 N–H and O–H groups in total. The number of benzene rings is 1. The number of methoxy groups -OCH3 is 2. The van der Waals surface area contributed by atoms with E-state index in [1.54, 1.807) is 7.11 Å². The summed E-state index contributed by atoms with van der Waals surface area (Å²) in [6, 6.07) is 7.64. The van der Waals surface area contributed by atoms with Gasteiger partial charge in [-0.3, -0.25) is 4.18 Å². The molecule has 0 spiro atoms. The predicted octanol–water partition coefficient (Wildman–Crippen LogP) is 1.33. The van der Waals surface area contributed by atoms with Crippen molar-refractivity contribution in [2.24, 2.45) is 0 Å². The summed E-state index contributed by atoms with van der Waals surface area (Å²) < 4.78 is 53.7. The summed E-state index contributed by atoms with van der Waals surface area (Å²) in [4.78, 5) is 0. The van der Waals surface area contributed by atoms with E-state index in [4.69, 9.17) is 27.9 Å². The van der Waals surface area contributed by atoms with Crippen LogP contribution in [0.25, 0.3) is 0 Å². The Morgan fingerprint density at radius 2 is 1.92 bits per heavy atom. The minimum atomic E-state index is -3.47. The lowest BCUT2D eigenvalue weighted by Gasteiger charge is -2.15. The molecule has 0 bridgehead atoms. The van der Waals surface area contributed by atoms with Crippen molar-refractivity contribution in [3.05, 3.63) is 29.8 Å². The van der Waals surface area contributed by atoms with Gasteiger partial charge < -0.3 is 23.7 Å². The van der Waals surface area contributed by atoms with Crippen molar-refractivity contribution in [2.75, 3.05) is 40.5 Å². The van der Waals surface area contributed by atoms with Crippen molar-refractivity contribution in [1.29, 1.82) is 0 Å². The Labute approximate surface area is 154 Å². The molecule has 1 heterocycles.